The van der Waals surface area contributed by atoms with Crippen LogP contribution in [0.15, 0.2) is 53.6 Å². The summed E-state index contributed by atoms with van der Waals surface area (Å²) >= 11 is 0. The van der Waals surface area contributed by atoms with Crippen LogP contribution in [0.2, 0.25) is 0 Å². The first-order valence-corrected chi connectivity index (χ1v) is 7.39. The zero-order valence-electron chi connectivity index (χ0n) is 13.5. The molecule has 2 N–H and O–H groups in total. The molecule has 2 rings (SSSR count). The van der Waals surface area contributed by atoms with Crippen LogP contribution in [0.1, 0.15) is 24.2 Å². The second-order valence-corrected chi connectivity index (χ2v) is 5.34. The van der Waals surface area contributed by atoms with E-state index in [1.807, 2.05) is 37.3 Å². The van der Waals surface area contributed by atoms with Crippen molar-refractivity contribution >= 4 is 6.21 Å². The first-order chi connectivity index (χ1) is 11.0. The zero-order valence-corrected chi connectivity index (χ0v) is 13.5. The number of aliphatic hydroxyl groups excluding tert-OH is 1. The minimum atomic E-state index is -0.655. The Morgan fingerprint density at radius 2 is 1.87 bits per heavy atom. The summed E-state index contributed by atoms with van der Waals surface area (Å²) in [6, 6.07) is 14.2. The number of methoxy groups -OCH3 is 1. The topological polar surface area (TPSA) is 65.3 Å². The Hall–Kier alpha value is -2.53. The molecule has 0 spiro atoms. The lowest BCUT2D eigenvalue weighted by Gasteiger charge is -2.26. The fourth-order valence-electron chi connectivity index (χ4n) is 2.15. The van der Waals surface area contributed by atoms with Crippen LogP contribution in [0.5, 0.6) is 11.5 Å². The summed E-state index contributed by atoms with van der Waals surface area (Å²) in [5.74, 6) is 0.767. The predicted octanol–water partition coefficient (Wildman–Crippen LogP) is 2.79. The van der Waals surface area contributed by atoms with E-state index >= 15 is 0 Å². The molecule has 5 heteroatoms. The van der Waals surface area contributed by atoms with Gasteiger partial charge in [0.05, 0.1) is 19.4 Å². The van der Waals surface area contributed by atoms with Crippen LogP contribution in [0, 0.1) is 0 Å². The number of hydrazone groups is 1. The molecule has 0 aromatic heterocycles. The maximum atomic E-state index is 10.4. The molecule has 0 radical (unpaired) electrons. The lowest BCUT2D eigenvalue weighted by atomic mass is 10.0. The molecular weight excluding hydrogens is 292 g/mol. The number of rotatable bonds is 6. The van der Waals surface area contributed by atoms with E-state index in [0.29, 0.717) is 11.3 Å². The standard InChI is InChI=1S/C18H22N2O3/c1-13(18(22)14-7-5-4-6-8-14)20(2)19-12-15-11-16(23-3)9-10-17(15)21/h4-13,18,21-22H,1-3H3/b19-12+/t13-,18-/m0/s1. The fraction of sp³-hybridized carbons (Fsp3) is 0.278. The van der Waals surface area contributed by atoms with Crippen molar-refractivity contribution in [3.8, 4) is 11.5 Å². The molecule has 5 nitrogen and oxygen atoms in total. The highest BCUT2D eigenvalue weighted by molar-refractivity contribution is 5.83. The molecule has 0 aliphatic carbocycles. The second kappa shape index (κ2) is 7.65. The molecule has 0 heterocycles. The van der Waals surface area contributed by atoms with Crippen molar-refractivity contribution in [2.45, 2.75) is 19.1 Å². The smallest absolute Gasteiger partial charge is 0.124 e. The van der Waals surface area contributed by atoms with Gasteiger partial charge in [0, 0.05) is 12.6 Å². The number of aromatic hydroxyl groups is 1. The van der Waals surface area contributed by atoms with Crippen molar-refractivity contribution in [1.82, 2.24) is 5.01 Å². The molecule has 0 saturated heterocycles. The van der Waals surface area contributed by atoms with Crippen molar-refractivity contribution in [3.63, 3.8) is 0 Å². The second-order valence-electron chi connectivity index (χ2n) is 5.34. The Labute approximate surface area is 136 Å². The number of hydrogen-bond acceptors (Lipinski definition) is 5. The highest BCUT2D eigenvalue weighted by atomic mass is 16.5. The lowest BCUT2D eigenvalue weighted by Crippen LogP contribution is -2.30. The van der Waals surface area contributed by atoms with Gasteiger partial charge < -0.3 is 14.9 Å². The monoisotopic (exact) mass is 314 g/mol. The summed E-state index contributed by atoms with van der Waals surface area (Å²) in [4.78, 5) is 0. The Balaban J connectivity index is 2.10. The Kier molecular flexibility index (Phi) is 5.60. The molecule has 0 fully saturated rings. The number of aliphatic hydroxyl groups is 1. The number of phenolic OH excluding ortho intramolecular Hbond substituents is 1. The average Bonchev–Trinajstić information content (AvgIpc) is 2.60. The van der Waals surface area contributed by atoms with Crippen molar-refractivity contribution in [2.75, 3.05) is 14.2 Å². The molecule has 0 aliphatic rings. The van der Waals surface area contributed by atoms with E-state index in [9.17, 15) is 10.2 Å². The van der Waals surface area contributed by atoms with Gasteiger partial charge in [-0.3, -0.25) is 5.01 Å². The van der Waals surface area contributed by atoms with E-state index in [1.54, 1.807) is 43.6 Å². The molecule has 0 saturated carbocycles. The molecule has 23 heavy (non-hydrogen) atoms. The molecule has 0 amide bonds. The third-order valence-electron chi connectivity index (χ3n) is 3.80. The lowest BCUT2D eigenvalue weighted by molar-refractivity contribution is 0.0748. The minimum Gasteiger partial charge on any atom is -0.507 e. The van der Waals surface area contributed by atoms with Crippen molar-refractivity contribution in [3.05, 3.63) is 59.7 Å². The fourth-order valence-corrected chi connectivity index (χ4v) is 2.15. The molecule has 2 aromatic rings. The van der Waals surface area contributed by atoms with Gasteiger partial charge in [-0.15, -0.1) is 0 Å². The van der Waals surface area contributed by atoms with Crippen LogP contribution in [-0.4, -0.2) is 41.6 Å². The molecule has 0 aliphatic heterocycles. The van der Waals surface area contributed by atoms with E-state index in [2.05, 4.69) is 5.10 Å². The van der Waals surface area contributed by atoms with E-state index in [1.165, 1.54) is 0 Å². The van der Waals surface area contributed by atoms with Crippen molar-refractivity contribution in [1.29, 1.82) is 0 Å². The Bertz CT molecular complexity index is 659. The van der Waals surface area contributed by atoms with Gasteiger partial charge in [0.25, 0.3) is 0 Å². The van der Waals surface area contributed by atoms with Crippen LogP contribution >= 0.6 is 0 Å². The van der Waals surface area contributed by atoms with E-state index < -0.39 is 6.10 Å². The highest BCUT2D eigenvalue weighted by Crippen LogP contribution is 2.22. The van der Waals surface area contributed by atoms with Gasteiger partial charge in [0.1, 0.15) is 17.6 Å². The van der Waals surface area contributed by atoms with Crippen molar-refractivity contribution in [2.24, 2.45) is 5.10 Å². The molecule has 2 aromatic carbocycles. The van der Waals surface area contributed by atoms with Gasteiger partial charge in [-0.05, 0) is 30.7 Å². The number of hydrogen-bond donors (Lipinski definition) is 2. The van der Waals surface area contributed by atoms with Crippen LogP contribution in [0.4, 0.5) is 0 Å². The van der Waals surface area contributed by atoms with Crippen LogP contribution < -0.4 is 4.74 Å². The molecule has 0 unspecified atom stereocenters. The maximum absolute atomic E-state index is 10.4. The number of likely N-dealkylation sites (N-methyl/N-ethyl adjacent to an activating group) is 1. The highest BCUT2D eigenvalue weighted by Gasteiger charge is 2.19. The number of nitrogens with zero attached hydrogens (tertiary/aromatic N) is 2. The number of ether oxygens (including phenoxy) is 1. The quantitative estimate of drug-likeness (QED) is 0.635. The molecule has 122 valence electrons. The molecular formula is C18H22N2O3. The Morgan fingerprint density at radius 3 is 2.52 bits per heavy atom. The largest absolute Gasteiger partial charge is 0.507 e. The van der Waals surface area contributed by atoms with Gasteiger partial charge in [0.15, 0.2) is 0 Å². The summed E-state index contributed by atoms with van der Waals surface area (Å²) in [6.07, 6.45) is 0.892. The average molecular weight is 314 g/mol. The van der Waals surface area contributed by atoms with Gasteiger partial charge in [-0.1, -0.05) is 30.3 Å². The van der Waals surface area contributed by atoms with Gasteiger partial charge in [-0.25, -0.2) is 0 Å². The van der Waals surface area contributed by atoms with Crippen LogP contribution in [0.3, 0.4) is 0 Å². The van der Waals surface area contributed by atoms with E-state index in [4.69, 9.17) is 4.74 Å². The maximum Gasteiger partial charge on any atom is 0.124 e. The SMILES string of the molecule is COc1ccc(O)c(/C=N/N(C)[C@@H](C)[C@H](O)c2ccccc2)c1. The molecule has 2 atom stereocenters. The van der Waals surface area contributed by atoms with Gasteiger partial charge in [0.2, 0.25) is 0 Å². The summed E-state index contributed by atoms with van der Waals surface area (Å²) in [5, 5.41) is 26.2. The third-order valence-corrected chi connectivity index (χ3v) is 3.80. The van der Waals surface area contributed by atoms with Gasteiger partial charge in [-0.2, -0.15) is 5.10 Å². The zero-order chi connectivity index (χ0) is 16.8. The van der Waals surface area contributed by atoms with Crippen LogP contribution in [-0.2, 0) is 0 Å². The Morgan fingerprint density at radius 1 is 1.17 bits per heavy atom. The third kappa shape index (κ3) is 4.23. The number of phenols is 1. The molecule has 0 bridgehead atoms. The summed E-state index contributed by atoms with van der Waals surface area (Å²) in [5.41, 5.74) is 1.39. The minimum absolute atomic E-state index is 0.124. The van der Waals surface area contributed by atoms with E-state index in [0.717, 1.165) is 5.56 Å². The summed E-state index contributed by atoms with van der Waals surface area (Å²) in [6.45, 7) is 1.89. The van der Waals surface area contributed by atoms with Crippen LogP contribution in [0.25, 0.3) is 0 Å². The van der Waals surface area contributed by atoms with Gasteiger partial charge >= 0.3 is 0 Å². The summed E-state index contributed by atoms with van der Waals surface area (Å²) < 4.78 is 5.13. The summed E-state index contributed by atoms with van der Waals surface area (Å²) in [7, 11) is 3.35. The normalized spacial score (nSPS) is 13.7. The predicted molar refractivity (Wildman–Crippen MR) is 90.9 cm³/mol. The first kappa shape index (κ1) is 16.8. The first-order valence-electron chi connectivity index (χ1n) is 7.39. The van der Waals surface area contributed by atoms with Crippen molar-refractivity contribution < 1.29 is 14.9 Å². The number of benzene rings is 2. The van der Waals surface area contributed by atoms with E-state index in [-0.39, 0.29) is 11.8 Å².